The van der Waals surface area contributed by atoms with E-state index in [1.807, 2.05) is 31.1 Å². The first kappa shape index (κ1) is 22.9. The van der Waals surface area contributed by atoms with Gasteiger partial charge in [0.1, 0.15) is 24.4 Å². The van der Waals surface area contributed by atoms with Crippen LogP contribution in [0.1, 0.15) is 6.42 Å². The number of nitrogens with one attached hydrogen (secondary N) is 1. The minimum atomic E-state index is -3.86. The first-order valence-corrected chi connectivity index (χ1v) is 11.1. The Hall–Kier alpha value is -1.79. The lowest BCUT2D eigenvalue weighted by Gasteiger charge is -2.40. The largest absolute Gasteiger partial charge is 0.394 e. The normalized spacial score (nSPS) is 27.3. The number of benzene rings is 2. The molecule has 0 amide bonds. The van der Waals surface area contributed by atoms with Crippen molar-refractivity contribution in [3.05, 3.63) is 36.4 Å². The quantitative estimate of drug-likeness (QED) is 0.385. The fraction of sp³-hybridized carbons (Fsp3) is 0.500. The van der Waals surface area contributed by atoms with E-state index in [2.05, 4.69) is 4.72 Å². The van der Waals surface area contributed by atoms with Gasteiger partial charge < -0.3 is 30.1 Å². The Labute approximate surface area is 175 Å². The molecule has 2 aromatic rings. The molecule has 0 unspecified atom stereocenters. The van der Waals surface area contributed by atoms with E-state index in [1.54, 1.807) is 18.2 Å². The standard InChI is InChI=1S/C20H28N2O7S/c1-22(2)14-7-3-6-13-12(14)5-4-8-17(13)30(27,28)21-10-9-15-18(24)20(26)19(25)16(11-23)29-15/h3-8,15-16,18-21,23-26H,9-11H2,1-2H3/t15-,16-,18+,19-,20-/m1/s1. The van der Waals surface area contributed by atoms with Crippen molar-refractivity contribution in [2.24, 2.45) is 0 Å². The lowest BCUT2D eigenvalue weighted by molar-refractivity contribution is -0.229. The third-order valence-corrected chi connectivity index (χ3v) is 6.86. The zero-order valence-electron chi connectivity index (χ0n) is 16.8. The molecule has 0 spiro atoms. The molecule has 1 aliphatic heterocycles. The summed E-state index contributed by atoms with van der Waals surface area (Å²) in [7, 11) is -0.0908. The van der Waals surface area contributed by atoms with Crippen LogP contribution in [0.2, 0.25) is 0 Å². The number of nitrogens with zero attached hydrogens (tertiary/aromatic N) is 1. The zero-order chi connectivity index (χ0) is 22.1. The maximum atomic E-state index is 12.9. The Morgan fingerprint density at radius 2 is 1.60 bits per heavy atom. The van der Waals surface area contributed by atoms with E-state index in [0.717, 1.165) is 11.1 Å². The molecule has 0 saturated carbocycles. The first-order chi connectivity index (χ1) is 14.2. The van der Waals surface area contributed by atoms with Crippen LogP contribution in [0.4, 0.5) is 5.69 Å². The van der Waals surface area contributed by atoms with Crippen molar-refractivity contribution in [2.75, 3.05) is 32.1 Å². The monoisotopic (exact) mass is 440 g/mol. The van der Waals surface area contributed by atoms with E-state index in [-0.39, 0.29) is 17.9 Å². The molecular formula is C20H28N2O7S. The second-order valence-corrected chi connectivity index (χ2v) is 9.31. The van der Waals surface area contributed by atoms with Gasteiger partial charge in [0.25, 0.3) is 0 Å². The van der Waals surface area contributed by atoms with Gasteiger partial charge in [0.2, 0.25) is 10.0 Å². The van der Waals surface area contributed by atoms with Crippen molar-refractivity contribution in [1.29, 1.82) is 0 Å². The molecule has 9 nitrogen and oxygen atoms in total. The summed E-state index contributed by atoms with van der Waals surface area (Å²) in [5, 5.41) is 40.4. The van der Waals surface area contributed by atoms with Crippen molar-refractivity contribution in [1.82, 2.24) is 4.72 Å². The average molecular weight is 441 g/mol. The van der Waals surface area contributed by atoms with Crippen LogP contribution >= 0.6 is 0 Å². The van der Waals surface area contributed by atoms with Crippen LogP contribution in [-0.2, 0) is 14.8 Å². The van der Waals surface area contributed by atoms with E-state index in [1.165, 1.54) is 6.07 Å². The Morgan fingerprint density at radius 3 is 2.27 bits per heavy atom. The summed E-state index contributed by atoms with van der Waals surface area (Å²) in [6.45, 7) is -0.591. The second kappa shape index (κ2) is 9.15. The third kappa shape index (κ3) is 4.45. The molecule has 2 aromatic carbocycles. The fourth-order valence-corrected chi connectivity index (χ4v) is 4.99. The SMILES string of the molecule is CN(C)c1cccc2c(S(=O)(=O)NCC[C@H]3O[C@H](CO)[C@@H](O)[C@H](O)[C@H]3O)cccc12. The maximum absolute atomic E-state index is 12.9. The molecule has 3 rings (SSSR count). The van der Waals surface area contributed by atoms with Crippen LogP contribution in [0.3, 0.4) is 0 Å². The molecule has 10 heteroatoms. The van der Waals surface area contributed by atoms with Gasteiger partial charge >= 0.3 is 0 Å². The minimum absolute atomic E-state index is 0.0500. The van der Waals surface area contributed by atoms with Gasteiger partial charge in [0.15, 0.2) is 0 Å². The summed E-state index contributed by atoms with van der Waals surface area (Å²) >= 11 is 0. The van der Waals surface area contributed by atoms with Gasteiger partial charge in [-0.2, -0.15) is 0 Å². The Morgan fingerprint density at radius 1 is 0.967 bits per heavy atom. The molecule has 1 saturated heterocycles. The van der Waals surface area contributed by atoms with E-state index in [0.29, 0.717) is 5.39 Å². The van der Waals surface area contributed by atoms with Gasteiger partial charge in [-0.25, -0.2) is 13.1 Å². The van der Waals surface area contributed by atoms with Gasteiger partial charge in [-0.05, 0) is 18.6 Å². The topological polar surface area (TPSA) is 140 Å². The third-order valence-electron chi connectivity index (χ3n) is 5.34. The number of aliphatic hydroxyl groups is 4. The molecule has 1 heterocycles. The number of ether oxygens (including phenoxy) is 1. The molecule has 0 aliphatic carbocycles. The number of rotatable bonds is 7. The molecule has 0 radical (unpaired) electrons. The van der Waals surface area contributed by atoms with Crippen molar-refractivity contribution < 1.29 is 33.6 Å². The van der Waals surface area contributed by atoms with Gasteiger partial charge in [0, 0.05) is 37.1 Å². The lowest BCUT2D eigenvalue weighted by Crippen LogP contribution is -2.58. The number of hydrogen-bond acceptors (Lipinski definition) is 8. The highest BCUT2D eigenvalue weighted by Crippen LogP contribution is 2.30. The number of anilines is 1. The van der Waals surface area contributed by atoms with Gasteiger partial charge in [-0.3, -0.25) is 0 Å². The minimum Gasteiger partial charge on any atom is -0.394 e. The van der Waals surface area contributed by atoms with Crippen LogP contribution in [0, 0.1) is 0 Å². The Bertz CT molecular complexity index is 980. The van der Waals surface area contributed by atoms with Gasteiger partial charge in [-0.15, -0.1) is 0 Å². The lowest BCUT2D eigenvalue weighted by atomic mass is 9.94. The fourth-order valence-electron chi connectivity index (χ4n) is 3.72. The van der Waals surface area contributed by atoms with Gasteiger partial charge in [-0.1, -0.05) is 24.3 Å². The number of sulfonamides is 1. The maximum Gasteiger partial charge on any atom is 0.241 e. The highest BCUT2D eigenvalue weighted by atomic mass is 32.2. The molecule has 1 fully saturated rings. The van der Waals surface area contributed by atoms with Crippen molar-refractivity contribution in [2.45, 2.75) is 41.8 Å². The van der Waals surface area contributed by atoms with E-state index >= 15 is 0 Å². The zero-order valence-corrected chi connectivity index (χ0v) is 17.7. The highest BCUT2D eigenvalue weighted by molar-refractivity contribution is 7.89. The predicted octanol–water partition coefficient (Wildman–Crippen LogP) is -0.583. The smallest absolute Gasteiger partial charge is 0.241 e. The summed E-state index contributed by atoms with van der Waals surface area (Å²) in [5.74, 6) is 0. The first-order valence-electron chi connectivity index (χ1n) is 9.66. The predicted molar refractivity (Wildman–Crippen MR) is 112 cm³/mol. The molecule has 166 valence electrons. The van der Waals surface area contributed by atoms with Crippen LogP contribution in [0.15, 0.2) is 41.3 Å². The van der Waals surface area contributed by atoms with Crippen molar-refractivity contribution in [3.63, 3.8) is 0 Å². The van der Waals surface area contributed by atoms with Crippen LogP contribution in [0.5, 0.6) is 0 Å². The summed E-state index contributed by atoms with van der Waals surface area (Å²) in [6, 6.07) is 10.5. The molecule has 5 atom stereocenters. The number of aliphatic hydroxyl groups excluding tert-OH is 4. The Kier molecular flexibility index (Phi) is 6.98. The summed E-state index contributed by atoms with van der Waals surface area (Å²) < 4.78 is 33.8. The van der Waals surface area contributed by atoms with E-state index < -0.39 is 47.2 Å². The Balaban J connectivity index is 1.76. The number of hydrogen-bond donors (Lipinski definition) is 5. The molecule has 30 heavy (non-hydrogen) atoms. The summed E-state index contributed by atoms with van der Waals surface area (Å²) in [5.41, 5.74) is 0.894. The average Bonchev–Trinajstić information content (AvgIpc) is 2.72. The molecule has 1 aliphatic rings. The molecular weight excluding hydrogens is 412 g/mol. The number of fused-ring (bicyclic) bond motifs is 1. The highest BCUT2D eigenvalue weighted by Gasteiger charge is 2.43. The van der Waals surface area contributed by atoms with Crippen LogP contribution in [-0.4, -0.2) is 86.6 Å². The van der Waals surface area contributed by atoms with Crippen molar-refractivity contribution in [3.8, 4) is 0 Å². The summed E-state index contributed by atoms with van der Waals surface area (Å²) in [6.07, 6.45) is -6.23. The molecule has 0 aromatic heterocycles. The van der Waals surface area contributed by atoms with Crippen LogP contribution in [0.25, 0.3) is 10.8 Å². The van der Waals surface area contributed by atoms with Gasteiger partial charge in [0.05, 0.1) is 17.6 Å². The van der Waals surface area contributed by atoms with E-state index in [4.69, 9.17) is 4.74 Å². The van der Waals surface area contributed by atoms with Crippen LogP contribution < -0.4 is 9.62 Å². The molecule has 0 bridgehead atoms. The van der Waals surface area contributed by atoms with Crippen molar-refractivity contribution >= 4 is 26.5 Å². The van der Waals surface area contributed by atoms with E-state index in [9.17, 15) is 28.8 Å². The summed E-state index contributed by atoms with van der Waals surface area (Å²) in [4.78, 5) is 2.04. The molecule has 5 N–H and O–H groups in total. The second-order valence-electron chi connectivity index (χ2n) is 7.58.